The second kappa shape index (κ2) is 9.71. The van der Waals surface area contributed by atoms with Crippen molar-refractivity contribution in [2.45, 2.75) is 67.0 Å². The van der Waals surface area contributed by atoms with Gasteiger partial charge in [0.2, 0.25) is 0 Å². The minimum atomic E-state index is -1.27. The first-order valence-electron chi connectivity index (χ1n) is 10.7. The lowest BCUT2D eigenvalue weighted by Crippen LogP contribution is -2.51. The summed E-state index contributed by atoms with van der Waals surface area (Å²) >= 11 is 1.31. The molecule has 2 aliphatic rings. The van der Waals surface area contributed by atoms with E-state index in [0.717, 1.165) is 36.1 Å². The molecule has 0 aromatic heterocycles. The van der Waals surface area contributed by atoms with Gasteiger partial charge < -0.3 is 25.2 Å². The molecule has 162 valence electrons. The summed E-state index contributed by atoms with van der Waals surface area (Å²) in [6.07, 6.45) is 2.39. The Bertz CT molecular complexity index is 819. The molecule has 2 aromatic rings. The Kier molecular flexibility index (Phi) is 7.01. The van der Waals surface area contributed by atoms with Crippen molar-refractivity contribution >= 4 is 11.8 Å². The van der Waals surface area contributed by atoms with Crippen molar-refractivity contribution in [3.63, 3.8) is 0 Å². The zero-order chi connectivity index (χ0) is 21.1. The minimum absolute atomic E-state index is 0.249. The lowest BCUT2D eigenvalue weighted by molar-refractivity contribution is -0.0700. The molecule has 1 heterocycles. The second-order valence-corrected chi connectivity index (χ2v) is 9.73. The van der Waals surface area contributed by atoms with Crippen LogP contribution in [0.3, 0.4) is 0 Å². The number of hydrogen-bond donors (Lipinski definition) is 4. The van der Waals surface area contributed by atoms with E-state index in [1.54, 1.807) is 0 Å². The number of aliphatic hydroxyl groups is 4. The van der Waals surface area contributed by atoms with E-state index in [4.69, 9.17) is 4.74 Å². The van der Waals surface area contributed by atoms with Crippen molar-refractivity contribution in [1.82, 2.24) is 0 Å². The summed E-state index contributed by atoms with van der Waals surface area (Å²) in [6.45, 7) is -0.249. The molecule has 1 saturated carbocycles. The molecule has 4 N–H and O–H groups in total. The van der Waals surface area contributed by atoms with Gasteiger partial charge >= 0.3 is 0 Å². The molecule has 0 spiro atoms. The summed E-state index contributed by atoms with van der Waals surface area (Å²) < 4.78 is 6.04. The largest absolute Gasteiger partial charge is 0.490 e. The molecule has 6 heteroatoms. The molecule has 1 aliphatic heterocycles. The maximum atomic E-state index is 10.5. The van der Waals surface area contributed by atoms with Gasteiger partial charge in [-0.1, -0.05) is 36.4 Å². The molecule has 1 unspecified atom stereocenters. The third-order valence-corrected chi connectivity index (χ3v) is 7.73. The standard InChI is InChI=1S/C24H30O5S/c25-14-20-21(26)22(27)23(28)24(30-20)17-5-3-4-16(13-17)12-15-8-10-19(11-9-15)29-18-6-1-2-7-18/h3-5,8-11,13,18,20-28H,1-2,6-7,12,14H2/t20-,21-,22?,23-,24+/m1/s1. The highest BCUT2D eigenvalue weighted by Crippen LogP contribution is 2.43. The van der Waals surface area contributed by atoms with Gasteiger partial charge in [-0.15, -0.1) is 11.8 Å². The van der Waals surface area contributed by atoms with Gasteiger partial charge in [-0.25, -0.2) is 0 Å². The van der Waals surface area contributed by atoms with Gasteiger partial charge in [-0.05, 0) is 60.9 Å². The van der Waals surface area contributed by atoms with Gasteiger partial charge in [0.15, 0.2) is 0 Å². The minimum Gasteiger partial charge on any atom is -0.490 e. The first-order chi connectivity index (χ1) is 14.5. The summed E-state index contributed by atoms with van der Waals surface area (Å²) in [7, 11) is 0. The molecule has 2 aromatic carbocycles. The van der Waals surface area contributed by atoms with Crippen LogP contribution in [0.2, 0.25) is 0 Å². The Morgan fingerprint density at radius 3 is 2.30 bits per heavy atom. The third-order valence-electron chi connectivity index (χ3n) is 6.11. The zero-order valence-electron chi connectivity index (χ0n) is 16.9. The Morgan fingerprint density at radius 1 is 0.867 bits per heavy atom. The highest BCUT2D eigenvalue weighted by Gasteiger charge is 2.43. The van der Waals surface area contributed by atoms with Gasteiger partial charge in [-0.2, -0.15) is 0 Å². The van der Waals surface area contributed by atoms with Crippen LogP contribution < -0.4 is 4.74 Å². The fourth-order valence-electron chi connectivity index (χ4n) is 4.38. The van der Waals surface area contributed by atoms with Crippen LogP contribution in [0.5, 0.6) is 5.75 Å². The van der Waals surface area contributed by atoms with Crippen LogP contribution in [0, 0.1) is 0 Å². The zero-order valence-corrected chi connectivity index (χ0v) is 17.7. The molecule has 5 atom stereocenters. The SMILES string of the molecule is OC[C@H]1S[C@@H](c2cccc(Cc3ccc(OC4CCCC4)cc3)c2)[C@H](O)C(O)[C@@H]1O. The van der Waals surface area contributed by atoms with Crippen molar-refractivity contribution in [2.24, 2.45) is 0 Å². The number of benzene rings is 2. The third kappa shape index (κ3) is 4.84. The number of aliphatic hydroxyl groups excluding tert-OH is 4. The quantitative estimate of drug-likeness (QED) is 0.564. The van der Waals surface area contributed by atoms with Gasteiger partial charge in [0.05, 0.1) is 35.4 Å². The normalized spacial score (nSPS) is 29.8. The molecule has 4 rings (SSSR count). The number of ether oxygens (including phenoxy) is 1. The van der Waals surface area contributed by atoms with Crippen LogP contribution in [0.1, 0.15) is 47.6 Å². The molecule has 1 saturated heterocycles. The number of thioether (sulfide) groups is 1. The molecule has 1 aliphatic carbocycles. The number of hydrogen-bond acceptors (Lipinski definition) is 6. The van der Waals surface area contributed by atoms with E-state index in [2.05, 4.69) is 12.1 Å². The van der Waals surface area contributed by atoms with Crippen molar-refractivity contribution in [2.75, 3.05) is 6.61 Å². The van der Waals surface area contributed by atoms with Crippen LogP contribution in [-0.4, -0.2) is 56.7 Å². The lowest BCUT2D eigenvalue weighted by Gasteiger charge is -2.39. The maximum Gasteiger partial charge on any atom is 0.119 e. The summed E-state index contributed by atoms with van der Waals surface area (Å²) in [5.74, 6) is 0.920. The Labute approximate surface area is 181 Å². The van der Waals surface area contributed by atoms with Gasteiger partial charge in [0, 0.05) is 0 Å². The monoisotopic (exact) mass is 430 g/mol. The van der Waals surface area contributed by atoms with Crippen LogP contribution in [0.4, 0.5) is 0 Å². The second-order valence-electron chi connectivity index (χ2n) is 8.34. The number of rotatable bonds is 6. The van der Waals surface area contributed by atoms with Crippen molar-refractivity contribution in [1.29, 1.82) is 0 Å². The first kappa shape index (κ1) is 21.7. The Hall–Kier alpha value is -1.57. The molecule has 0 bridgehead atoms. The molecule has 0 amide bonds. The van der Waals surface area contributed by atoms with Crippen molar-refractivity contribution < 1.29 is 25.2 Å². The smallest absolute Gasteiger partial charge is 0.119 e. The molecule has 0 radical (unpaired) electrons. The predicted octanol–water partition coefficient (Wildman–Crippen LogP) is 2.83. The van der Waals surface area contributed by atoms with Crippen LogP contribution in [0.25, 0.3) is 0 Å². The summed E-state index contributed by atoms with van der Waals surface area (Å²) in [6, 6.07) is 16.2. The van der Waals surface area contributed by atoms with E-state index in [-0.39, 0.29) is 6.61 Å². The highest BCUT2D eigenvalue weighted by molar-refractivity contribution is 8.00. The van der Waals surface area contributed by atoms with Crippen LogP contribution in [0.15, 0.2) is 48.5 Å². The summed E-state index contributed by atoms with van der Waals surface area (Å²) in [5, 5.41) is 39.3. The van der Waals surface area contributed by atoms with Crippen molar-refractivity contribution in [3.05, 3.63) is 65.2 Å². The van der Waals surface area contributed by atoms with E-state index in [1.807, 2.05) is 36.4 Å². The van der Waals surface area contributed by atoms with Crippen LogP contribution in [-0.2, 0) is 6.42 Å². The average Bonchev–Trinajstić information content (AvgIpc) is 3.27. The molecule has 5 nitrogen and oxygen atoms in total. The molecular weight excluding hydrogens is 400 g/mol. The predicted molar refractivity (Wildman–Crippen MR) is 118 cm³/mol. The van der Waals surface area contributed by atoms with E-state index in [0.29, 0.717) is 6.10 Å². The van der Waals surface area contributed by atoms with E-state index in [1.165, 1.54) is 30.2 Å². The molecule has 30 heavy (non-hydrogen) atoms. The fourth-order valence-corrected chi connectivity index (χ4v) is 5.79. The van der Waals surface area contributed by atoms with E-state index >= 15 is 0 Å². The van der Waals surface area contributed by atoms with E-state index < -0.39 is 28.8 Å². The molecular formula is C24H30O5S. The van der Waals surface area contributed by atoms with Gasteiger partial charge in [-0.3, -0.25) is 0 Å². The summed E-state index contributed by atoms with van der Waals surface area (Å²) in [5.41, 5.74) is 3.16. The fraction of sp³-hybridized carbons (Fsp3) is 0.500. The molecule has 2 fully saturated rings. The Morgan fingerprint density at radius 2 is 1.60 bits per heavy atom. The Balaban J connectivity index is 1.44. The highest BCUT2D eigenvalue weighted by atomic mass is 32.2. The van der Waals surface area contributed by atoms with E-state index in [9.17, 15) is 20.4 Å². The maximum absolute atomic E-state index is 10.5. The van der Waals surface area contributed by atoms with Gasteiger partial charge in [0.1, 0.15) is 11.9 Å². The lowest BCUT2D eigenvalue weighted by atomic mass is 9.95. The van der Waals surface area contributed by atoms with Crippen molar-refractivity contribution in [3.8, 4) is 5.75 Å². The average molecular weight is 431 g/mol. The first-order valence-corrected chi connectivity index (χ1v) is 11.6. The summed E-state index contributed by atoms with van der Waals surface area (Å²) in [4.78, 5) is 0. The van der Waals surface area contributed by atoms with Crippen LogP contribution >= 0.6 is 11.8 Å². The van der Waals surface area contributed by atoms with Gasteiger partial charge in [0.25, 0.3) is 0 Å². The topological polar surface area (TPSA) is 90.2 Å².